The molecule has 4 nitrogen and oxygen atoms in total. The van der Waals surface area contributed by atoms with E-state index in [-0.39, 0.29) is 12.6 Å². The summed E-state index contributed by atoms with van der Waals surface area (Å²) in [6.07, 6.45) is 6.80. The molecule has 6 heteroatoms. The van der Waals surface area contributed by atoms with Gasteiger partial charge in [0.2, 0.25) is 0 Å². The second-order valence-electron chi connectivity index (χ2n) is 6.87. The van der Waals surface area contributed by atoms with Crippen LogP contribution in [-0.2, 0) is 31.8 Å². The smallest absolute Gasteiger partial charge is 0.159 e. The molecule has 2 aliphatic rings. The lowest BCUT2D eigenvalue weighted by Crippen LogP contribution is -2.24. The van der Waals surface area contributed by atoms with E-state index in [1.54, 1.807) is 0 Å². The van der Waals surface area contributed by atoms with E-state index in [9.17, 15) is 8.78 Å². The summed E-state index contributed by atoms with van der Waals surface area (Å²) in [5.74, 6) is -1.65. The van der Waals surface area contributed by atoms with Gasteiger partial charge in [0.25, 0.3) is 0 Å². The Balaban J connectivity index is 1.50. The van der Waals surface area contributed by atoms with E-state index in [0.717, 1.165) is 62.9 Å². The number of halogens is 2. The third-order valence-corrected chi connectivity index (χ3v) is 4.87. The topological polar surface area (TPSA) is 36.9 Å². The minimum atomic E-state index is -0.825. The van der Waals surface area contributed by atoms with Crippen LogP contribution in [0.15, 0.2) is 12.1 Å². The Kier molecular flexibility index (Phi) is 7.80. The normalized spacial score (nSPS) is 23.9. The molecule has 0 aromatic heterocycles. The summed E-state index contributed by atoms with van der Waals surface area (Å²) in [5, 5.41) is 0. The van der Waals surface area contributed by atoms with Gasteiger partial charge in [0.05, 0.1) is 13.2 Å². The van der Waals surface area contributed by atoms with Gasteiger partial charge in [-0.25, -0.2) is 8.78 Å². The Hall–Kier alpha value is -1.08. The zero-order valence-corrected chi connectivity index (χ0v) is 15.2. The molecule has 1 aromatic rings. The molecule has 2 aliphatic heterocycles. The number of ether oxygens (including phenoxy) is 4. The monoisotopic (exact) mass is 370 g/mol. The van der Waals surface area contributed by atoms with Crippen LogP contribution in [-0.4, -0.2) is 39.0 Å². The summed E-state index contributed by atoms with van der Waals surface area (Å²) in [6.45, 7) is 2.30. The van der Waals surface area contributed by atoms with Gasteiger partial charge in [0, 0.05) is 13.2 Å². The first kappa shape index (κ1) is 19.7. The zero-order chi connectivity index (χ0) is 18.2. The Morgan fingerprint density at radius 1 is 0.769 bits per heavy atom. The molecule has 26 heavy (non-hydrogen) atoms. The lowest BCUT2D eigenvalue weighted by molar-refractivity contribution is -0.162. The predicted octanol–water partition coefficient (Wildman–Crippen LogP) is 4.14. The fraction of sp³-hybridized carbons (Fsp3) is 0.700. The van der Waals surface area contributed by atoms with Crippen LogP contribution in [0.4, 0.5) is 8.78 Å². The Morgan fingerprint density at radius 2 is 1.23 bits per heavy atom. The molecule has 2 atom stereocenters. The molecule has 0 radical (unpaired) electrons. The van der Waals surface area contributed by atoms with Crippen molar-refractivity contribution in [2.45, 2.75) is 63.9 Å². The SMILES string of the molecule is Fc1cc(CCOC2CCCCO2)c(CCOC2CCCCO2)cc1F. The molecule has 3 rings (SSSR count). The lowest BCUT2D eigenvalue weighted by atomic mass is 10.0. The molecule has 146 valence electrons. The van der Waals surface area contributed by atoms with Gasteiger partial charge in [0.15, 0.2) is 24.2 Å². The summed E-state index contributed by atoms with van der Waals surface area (Å²) < 4.78 is 49.8. The number of benzene rings is 1. The van der Waals surface area contributed by atoms with E-state index in [1.807, 2.05) is 0 Å². The first-order chi connectivity index (χ1) is 12.7. The van der Waals surface area contributed by atoms with Crippen LogP contribution in [0.5, 0.6) is 0 Å². The molecule has 2 saturated heterocycles. The van der Waals surface area contributed by atoms with Crippen LogP contribution in [0, 0.1) is 11.6 Å². The second-order valence-corrected chi connectivity index (χ2v) is 6.87. The predicted molar refractivity (Wildman–Crippen MR) is 92.9 cm³/mol. The highest BCUT2D eigenvalue weighted by Crippen LogP contribution is 2.20. The van der Waals surface area contributed by atoms with Crippen LogP contribution in [0.3, 0.4) is 0 Å². The third kappa shape index (κ3) is 5.98. The van der Waals surface area contributed by atoms with Gasteiger partial charge >= 0.3 is 0 Å². The average Bonchev–Trinajstić information content (AvgIpc) is 2.67. The Morgan fingerprint density at radius 3 is 1.62 bits per heavy atom. The summed E-state index contributed by atoms with van der Waals surface area (Å²) in [7, 11) is 0. The molecule has 0 amide bonds. The van der Waals surface area contributed by atoms with Gasteiger partial charge < -0.3 is 18.9 Å². The maximum atomic E-state index is 13.7. The molecular weight excluding hydrogens is 342 g/mol. The summed E-state index contributed by atoms with van der Waals surface area (Å²) >= 11 is 0. The standard InChI is InChI=1S/C20H28F2O4/c21-17-13-15(7-11-25-19-5-1-3-9-23-19)16(14-18(17)22)8-12-26-20-6-2-4-10-24-20/h13-14,19-20H,1-12H2. The van der Waals surface area contributed by atoms with Crippen molar-refractivity contribution >= 4 is 0 Å². The highest BCUT2D eigenvalue weighted by atomic mass is 19.2. The van der Waals surface area contributed by atoms with Gasteiger partial charge in [-0.3, -0.25) is 0 Å². The summed E-state index contributed by atoms with van der Waals surface area (Å²) in [5.41, 5.74) is 1.51. The maximum Gasteiger partial charge on any atom is 0.159 e. The summed E-state index contributed by atoms with van der Waals surface area (Å²) in [4.78, 5) is 0. The Labute approximate surface area is 153 Å². The molecule has 1 aromatic carbocycles. The van der Waals surface area contributed by atoms with Crippen molar-refractivity contribution in [3.05, 3.63) is 34.9 Å². The average molecular weight is 370 g/mol. The van der Waals surface area contributed by atoms with Crippen LogP contribution in [0.25, 0.3) is 0 Å². The van der Waals surface area contributed by atoms with E-state index in [4.69, 9.17) is 18.9 Å². The van der Waals surface area contributed by atoms with Crippen molar-refractivity contribution in [1.29, 1.82) is 0 Å². The van der Waals surface area contributed by atoms with Crippen molar-refractivity contribution in [2.24, 2.45) is 0 Å². The van der Waals surface area contributed by atoms with Crippen molar-refractivity contribution < 1.29 is 27.7 Å². The number of hydrogen-bond acceptors (Lipinski definition) is 4. The van der Waals surface area contributed by atoms with Crippen LogP contribution in [0.1, 0.15) is 49.7 Å². The highest BCUT2D eigenvalue weighted by Gasteiger charge is 2.17. The van der Waals surface area contributed by atoms with Gasteiger partial charge in [0.1, 0.15) is 0 Å². The van der Waals surface area contributed by atoms with Gasteiger partial charge in [-0.15, -0.1) is 0 Å². The first-order valence-corrected chi connectivity index (χ1v) is 9.65. The summed E-state index contributed by atoms with van der Waals surface area (Å²) in [6, 6.07) is 2.54. The van der Waals surface area contributed by atoms with E-state index in [0.29, 0.717) is 26.1 Å². The molecule has 0 N–H and O–H groups in total. The van der Waals surface area contributed by atoms with Crippen LogP contribution in [0.2, 0.25) is 0 Å². The fourth-order valence-corrected chi connectivity index (χ4v) is 3.38. The van der Waals surface area contributed by atoms with Gasteiger partial charge in [-0.2, -0.15) is 0 Å². The lowest BCUT2D eigenvalue weighted by Gasteiger charge is -2.23. The van der Waals surface area contributed by atoms with Gasteiger partial charge in [-0.05, 0) is 74.6 Å². The molecule has 2 unspecified atom stereocenters. The van der Waals surface area contributed by atoms with Crippen molar-refractivity contribution in [3.63, 3.8) is 0 Å². The van der Waals surface area contributed by atoms with E-state index >= 15 is 0 Å². The maximum absolute atomic E-state index is 13.7. The molecule has 0 spiro atoms. The molecule has 2 heterocycles. The van der Waals surface area contributed by atoms with Crippen LogP contribution < -0.4 is 0 Å². The van der Waals surface area contributed by atoms with Crippen molar-refractivity contribution in [2.75, 3.05) is 26.4 Å². The highest BCUT2D eigenvalue weighted by molar-refractivity contribution is 5.29. The number of rotatable bonds is 8. The molecule has 0 saturated carbocycles. The fourth-order valence-electron chi connectivity index (χ4n) is 3.38. The first-order valence-electron chi connectivity index (χ1n) is 9.65. The quantitative estimate of drug-likeness (QED) is 0.689. The zero-order valence-electron chi connectivity index (χ0n) is 15.2. The van der Waals surface area contributed by atoms with E-state index in [1.165, 1.54) is 12.1 Å². The Bertz CT molecular complexity index is 506. The molecular formula is C20H28F2O4. The minimum absolute atomic E-state index is 0.177. The third-order valence-electron chi connectivity index (χ3n) is 4.87. The minimum Gasteiger partial charge on any atom is -0.353 e. The van der Waals surface area contributed by atoms with E-state index in [2.05, 4.69) is 0 Å². The number of hydrogen-bond donors (Lipinski definition) is 0. The van der Waals surface area contributed by atoms with E-state index < -0.39 is 11.6 Å². The second kappa shape index (κ2) is 10.3. The largest absolute Gasteiger partial charge is 0.353 e. The van der Waals surface area contributed by atoms with Gasteiger partial charge in [-0.1, -0.05) is 0 Å². The van der Waals surface area contributed by atoms with Crippen molar-refractivity contribution in [3.8, 4) is 0 Å². The molecule has 0 aliphatic carbocycles. The molecule has 2 fully saturated rings. The van der Waals surface area contributed by atoms with Crippen LogP contribution >= 0.6 is 0 Å². The van der Waals surface area contributed by atoms with Crippen molar-refractivity contribution in [1.82, 2.24) is 0 Å². The molecule has 0 bridgehead atoms.